The molecule has 130 valence electrons. The Bertz CT molecular complexity index is 635. The largest absolute Gasteiger partial charge is 0.355 e. The van der Waals surface area contributed by atoms with Crippen LogP contribution in [-0.4, -0.2) is 32.9 Å². The number of H-pyrrole nitrogens is 1. The van der Waals surface area contributed by atoms with Crippen molar-refractivity contribution in [1.29, 1.82) is 0 Å². The summed E-state index contributed by atoms with van der Waals surface area (Å²) in [5.74, 6) is 1.57. The quantitative estimate of drug-likeness (QED) is 0.736. The molecule has 2 aromatic heterocycles. The number of thioether (sulfide) groups is 1. The van der Waals surface area contributed by atoms with Crippen LogP contribution in [0.25, 0.3) is 0 Å². The van der Waals surface area contributed by atoms with Crippen LogP contribution < -0.4 is 5.32 Å². The molecule has 0 radical (unpaired) electrons. The molecule has 2 N–H and O–H groups in total. The van der Waals surface area contributed by atoms with E-state index in [1.807, 2.05) is 13.0 Å². The predicted molar refractivity (Wildman–Crippen MR) is 98.4 cm³/mol. The molecule has 1 amide bonds. The van der Waals surface area contributed by atoms with Gasteiger partial charge in [0, 0.05) is 17.8 Å². The maximum absolute atomic E-state index is 12.3. The van der Waals surface area contributed by atoms with Crippen LogP contribution >= 0.6 is 23.1 Å². The van der Waals surface area contributed by atoms with E-state index in [-0.39, 0.29) is 11.2 Å². The zero-order valence-electron chi connectivity index (χ0n) is 14.0. The minimum Gasteiger partial charge on any atom is -0.355 e. The van der Waals surface area contributed by atoms with Crippen LogP contribution in [0.15, 0.2) is 22.7 Å². The van der Waals surface area contributed by atoms with Crippen molar-refractivity contribution in [3.8, 4) is 0 Å². The molecule has 1 fully saturated rings. The summed E-state index contributed by atoms with van der Waals surface area (Å²) in [5, 5.41) is 12.8. The number of carbonyl (C=O) groups excluding carboxylic acids is 1. The lowest BCUT2D eigenvalue weighted by Gasteiger charge is -2.22. The van der Waals surface area contributed by atoms with Crippen molar-refractivity contribution in [2.24, 2.45) is 5.92 Å². The zero-order chi connectivity index (χ0) is 16.8. The number of aromatic amines is 1. The van der Waals surface area contributed by atoms with Crippen LogP contribution in [0, 0.1) is 5.92 Å². The number of nitrogens with one attached hydrogen (secondary N) is 2. The summed E-state index contributed by atoms with van der Waals surface area (Å²) >= 11 is 3.12. The summed E-state index contributed by atoms with van der Waals surface area (Å²) in [6.07, 6.45) is 7.19. The first-order valence-corrected chi connectivity index (χ1v) is 10.3. The maximum Gasteiger partial charge on any atom is 0.233 e. The van der Waals surface area contributed by atoms with E-state index in [1.54, 1.807) is 11.3 Å². The van der Waals surface area contributed by atoms with Crippen molar-refractivity contribution in [2.75, 3.05) is 6.54 Å². The Morgan fingerprint density at radius 2 is 2.29 bits per heavy atom. The molecule has 2 aromatic rings. The van der Waals surface area contributed by atoms with Gasteiger partial charge in [0.05, 0.1) is 5.25 Å². The minimum atomic E-state index is -0.182. The van der Waals surface area contributed by atoms with Gasteiger partial charge in [0.25, 0.3) is 0 Å². The van der Waals surface area contributed by atoms with Gasteiger partial charge in [0.2, 0.25) is 11.1 Å². The number of thiophene rings is 1. The second-order valence-corrected chi connectivity index (χ2v) is 8.67. The SMILES string of the molecule is CC(Sc1n[nH]c(Cc2cccs2)n1)C(=O)NCC1CCCCC1. The summed E-state index contributed by atoms with van der Waals surface area (Å²) < 4.78 is 0. The fourth-order valence-corrected chi connectivity index (χ4v) is 4.46. The number of hydrogen-bond acceptors (Lipinski definition) is 5. The van der Waals surface area contributed by atoms with E-state index in [4.69, 9.17) is 0 Å². The Kier molecular flexibility index (Phi) is 6.31. The first kappa shape index (κ1) is 17.5. The van der Waals surface area contributed by atoms with Crippen molar-refractivity contribution in [1.82, 2.24) is 20.5 Å². The van der Waals surface area contributed by atoms with Gasteiger partial charge in [-0.15, -0.1) is 16.4 Å². The van der Waals surface area contributed by atoms with Gasteiger partial charge in [-0.3, -0.25) is 9.89 Å². The molecule has 5 nitrogen and oxygen atoms in total. The molecule has 1 unspecified atom stereocenters. The highest BCUT2D eigenvalue weighted by molar-refractivity contribution is 8.00. The van der Waals surface area contributed by atoms with E-state index < -0.39 is 0 Å². The maximum atomic E-state index is 12.3. The molecule has 7 heteroatoms. The lowest BCUT2D eigenvalue weighted by Crippen LogP contribution is -2.35. The fraction of sp³-hybridized carbons (Fsp3) is 0.588. The van der Waals surface area contributed by atoms with Crippen molar-refractivity contribution in [3.05, 3.63) is 28.2 Å². The standard InChI is InChI=1S/C17H24N4OS2/c1-12(16(22)18-11-13-6-3-2-4-7-13)24-17-19-15(20-21-17)10-14-8-5-9-23-14/h5,8-9,12-13H,2-4,6-7,10-11H2,1H3,(H,18,22)(H,19,20,21). The zero-order valence-corrected chi connectivity index (χ0v) is 15.6. The van der Waals surface area contributed by atoms with Gasteiger partial charge in [-0.25, -0.2) is 4.98 Å². The van der Waals surface area contributed by atoms with E-state index in [1.165, 1.54) is 48.7 Å². The van der Waals surface area contributed by atoms with E-state index in [0.717, 1.165) is 18.8 Å². The Morgan fingerprint density at radius 1 is 1.46 bits per heavy atom. The molecule has 2 heterocycles. The van der Waals surface area contributed by atoms with E-state index >= 15 is 0 Å². The molecule has 0 aromatic carbocycles. The van der Waals surface area contributed by atoms with Crippen LogP contribution in [0.4, 0.5) is 0 Å². The summed E-state index contributed by atoms with van der Waals surface area (Å²) in [6.45, 7) is 2.72. The van der Waals surface area contributed by atoms with Crippen molar-refractivity contribution >= 4 is 29.0 Å². The molecule has 0 saturated heterocycles. The second-order valence-electron chi connectivity index (χ2n) is 6.33. The Hall–Kier alpha value is -1.34. The molecule has 1 aliphatic rings. The minimum absolute atomic E-state index is 0.0789. The number of rotatable bonds is 7. The van der Waals surface area contributed by atoms with Gasteiger partial charge in [-0.1, -0.05) is 37.1 Å². The van der Waals surface area contributed by atoms with Crippen LogP contribution in [0.3, 0.4) is 0 Å². The monoisotopic (exact) mass is 364 g/mol. The second kappa shape index (κ2) is 8.67. The topological polar surface area (TPSA) is 70.7 Å². The summed E-state index contributed by atoms with van der Waals surface area (Å²) in [5.41, 5.74) is 0. The number of aromatic nitrogens is 3. The average Bonchev–Trinajstić information content (AvgIpc) is 3.26. The Balaban J connectivity index is 1.44. The molecule has 24 heavy (non-hydrogen) atoms. The van der Waals surface area contributed by atoms with Gasteiger partial charge in [0.15, 0.2) is 0 Å². The third-order valence-corrected chi connectivity index (χ3v) is 6.21. The number of carbonyl (C=O) groups is 1. The summed E-state index contributed by atoms with van der Waals surface area (Å²) in [4.78, 5) is 18.0. The normalized spacial score (nSPS) is 16.9. The highest BCUT2D eigenvalue weighted by Gasteiger charge is 2.19. The molecule has 1 aliphatic carbocycles. The first-order chi connectivity index (χ1) is 11.7. The van der Waals surface area contributed by atoms with Gasteiger partial charge >= 0.3 is 0 Å². The molecular weight excluding hydrogens is 340 g/mol. The Morgan fingerprint density at radius 3 is 3.04 bits per heavy atom. The van der Waals surface area contributed by atoms with Gasteiger partial charge < -0.3 is 5.32 Å². The van der Waals surface area contributed by atoms with Crippen LogP contribution in [0.5, 0.6) is 0 Å². The fourth-order valence-electron chi connectivity index (χ4n) is 2.98. The lowest BCUT2D eigenvalue weighted by molar-refractivity contribution is -0.120. The van der Waals surface area contributed by atoms with Crippen LogP contribution in [-0.2, 0) is 11.2 Å². The third kappa shape index (κ3) is 5.08. The molecule has 0 bridgehead atoms. The summed E-state index contributed by atoms with van der Waals surface area (Å²) in [6, 6.07) is 4.12. The van der Waals surface area contributed by atoms with E-state index in [0.29, 0.717) is 11.1 Å². The molecule has 1 atom stereocenters. The molecular formula is C17H24N4OS2. The van der Waals surface area contributed by atoms with Crippen molar-refractivity contribution < 1.29 is 4.79 Å². The smallest absolute Gasteiger partial charge is 0.233 e. The van der Waals surface area contributed by atoms with Crippen LogP contribution in [0.1, 0.15) is 49.7 Å². The van der Waals surface area contributed by atoms with Crippen molar-refractivity contribution in [3.63, 3.8) is 0 Å². The number of amides is 1. The average molecular weight is 365 g/mol. The Labute approximate surface area is 151 Å². The molecule has 3 rings (SSSR count). The number of nitrogens with zero attached hydrogens (tertiary/aromatic N) is 2. The van der Waals surface area contributed by atoms with E-state index in [2.05, 4.69) is 31.9 Å². The highest BCUT2D eigenvalue weighted by Crippen LogP contribution is 2.24. The number of hydrogen-bond donors (Lipinski definition) is 2. The lowest BCUT2D eigenvalue weighted by atomic mass is 9.89. The van der Waals surface area contributed by atoms with Crippen LogP contribution in [0.2, 0.25) is 0 Å². The highest BCUT2D eigenvalue weighted by atomic mass is 32.2. The van der Waals surface area contributed by atoms with E-state index in [9.17, 15) is 4.79 Å². The van der Waals surface area contributed by atoms with Gasteiger partial charge in [-0.05, 0) is 37.1 Å². The summed E-state index contributed by atoms with van der Waals surface area (Å²) in [7, 11) is 0. The first-order valence-electron chi connectivity index (χ1n) is 8.58. The van der Waals surface area contributed by atoms with Crippen molar-refractivity contribution in [2.45, 2.75) is 55.9 Å². The molecule has 0 spiro atoms. The van der Waals surface area contributed by atoms with Gasteiger partial charge in [-0.2, -0.15) is 0 Å². The third-order valence-electron chi connectivity index (χ3n) is 4.37. The molecule has 0 aliphatic heterocycles. The van der Waals surface area contributed by atoms with Gasteiger partial charge in [0.1, 0.15) is 5.82 Å². The molecule has 1 saturated carbocycles. The predicted octanol–water partition coefficient (Wildman–Crippen LogP) is 3.63.